The molecule has 0 bridgehead atoms. The van der Waals surface area contributed by atoms with Crippen molar-refractivity contribution in [3.63, 3.8) is 0 Å². The van der Waals surface area contributed by atoms with Crippen LogP contribution in [0.1, 0.15) is 36.4 Å². The van der Waals surface area contributed by atoms with E-state index in [2.05, 4.69) is 35.1 Å². The van der Waals surface area contributed by atoms with E-state index in [-0.39, 0.29) is 5.82 Å². The molecular formula is C16H21BrFN3. The van der Waals surface area contributed by atoms with Crippen molar-refractivity contribution in [2.24, 2.45) is 0 Å². The molecule has 0 saturated carbocycles. The summed E-state index contributed by atoms with van der Waals surface area (Å²) in [5.74, 6) is -0.236. The molecule has 2 rings (SSSR count). The van der Waals surface area contributed by atoms with Gasteiger partial charge in [-0.3, -0.25) is 4.68 Å². The lowest BCUT2D eigenvalue weighted by Gasteiger charge is -2.09. The largest absolute Gasteiger partial charge is 0.316 e. The Kier molecular flexibility index (Phi) is 5.53. The van der Waals surface area contributed by atoms with E-state index < -0.39 is 0 Å². The highest BCUT2D eigenvalue weighted by atomic mass is 79.9. The number of benzene rings is 1. The molecule has 0 aliphatic rings. The molecule has 3 nitrogen and oxygen atoms in total. The van der Waals surface area contributed by atoms with Gasteiger partial charge in [0.1, 0.15) is 5.82 Å². The number of rotatable bonds is 6. The smallest absolute Gasteiger partial charge is 0.137 e. The van der Waals surface area contributed by atoms with Crippen LogP contribution in [0.15, 0.2) is 22.7 Å². The minimum atomic E-state index is -0.236. The fourth-order valence-electron chi connectivity index (χ4n) is 2.59. The maximum absolute atomic E-state index is 13.3. The molecule has 0 amide bonds. The third-order valence-corrected chi connectivity index (χ3v) is 4.20. The summed E-state index contributed by atoms with van der Waals surface area (Å²) >= 11 is 3.24. The average Bonchev–Trinajstić information content (AvgIpc) is 2.80. The summed E-state index contributed by atoms with van der Waals surface area (Å²) in [6.07, 6.45) is 1.86. The van der Waals surface area contributed by atoms with Gasteiger partial charge in [-0.05, 0) is 53.5 Å². The molecule has 0 aliphatic carbocycles. The number of hydrogen-bond donors (Lipinski definition) is 1. The summed E-state index contributed by atoms with van der Waals surface area (Å²) in [6.45, 7) is 5.77. The monoisotopic (exact) mass is 353 g/mol. The van der Waals surface area contributed by atoms with Crippen molar-refractivity contribution >= 4 is 15.9 Å². The number of halogens is 2. The quantitative estimate of drug-likeness (QED) is 0.858. The second-order valence-electron chi connectivity index (χ2n) is 5.02. The molecular weight excluding hydrogens is 333 g/mol. The van der Waals surface area contributed by atoms with Crippen molar-refractivity contribution in [1.29, 1.82) is 0 Å². The third-order valence-electron chi connectivity index (χ3n) is 3.59. The molecule has 1 aromatic heterocycles. The van der Waals surface area contributed by atoms with Gasteiger partial charge in [0.2, 0.25) is 0 Å². The molecule has 21 heavy (non-hydrogen) atoms. The fraction of sp³-hybridized carbons (Fsp3) is 0.438. The highest BCUT2D eigenvalue weighted by Crippen LogP contribution is 2.20. The number of nitrogens with zero attached hydrogens (tertiary/aromatic N) is 2. The third kappa shape index (κ3) is 3.52. The fourth-order valence-corrected chi connectivity index (χ4v) is 3.02. The maximum atomic E-state index is 13.3. The van der Waals surface area contributed by atoms with E-state index in [1.54, 1.807) is 0 Å². The summed E-state index contributed by atoms with van der Waals surface area (Å²) in [5.41, 5.74) is 4.73. The molecule has 5 heteroatoms. The number of aromatic nitrogens is 2. The second kappa shape index (κ2) is 7.18. The SMILES string of the molecule is CCc1nn(Cc2ccc(F)c(Br)c2)c(CC)c1CNC. The summed E-state index contributed by atoms with van der Waals surface area (Å²) < 4.78 is 15.9. The van der Waals surface area contributed by atoms with Crippen molar-refractivity contribution in [2.75, 3.05) is 7.05 Å². The van der Waals surface area contributed by atoms with Crippen LogP contribution in [-0.4, -0.2) is 16.8 Å². The van der Waals surface area contributed by atoms with Crippen molar-refractivity contribution in [3.8, 4) is 0 Å². The topological polar surface area (TPSA) is 29.9 Å². The van der Waals surface area contributed by atoms with Crippen LogP contribution in [0.2, 0.25) is 0 Å². The van der Waals surface area contributed by atoms with Crippen LogP contribution >= 0.6 is 15.9 Å². The Hall–Kier alpha value is -1.20. The van der Waals surface area contributed by atoms with Gasteiger partial charge in [0.05, 0.1) is 16.7 Å². The zero-order valence-corrected chi connectivity index (χ0v) is 14.3. The Morgan fingerprint density at radius 1 is 1.29 bits per heavy atom. The van der Waals surface area contributed by atoms with Crippen LogP contribution < -0.4 is 5.32 Å². The molecule has 0 radical (unpaired) electrons. The number of nitrogens with one attached hydrogen (secondary N) is 1. The van der Waals surface area contributed by atoms with Gasteiger partial charge in [-0.2, -0.15) is 5.10 Å². The first-order valence-electron chi connectivity index (χ1n) is 7.26. The van der Waals surface area contributed by atoms with Gasteiger partial charge >= 0.3 is 0 Å². The lowest BCUT2D eigenvalue weighted by Crippen LogP contribution is -2.10. The normalized spacial score (nSPS) is 11.1. The first-order valence-corrected chi connectivity index (χ1v) is 8.05. The summed E-state index contributed by atoms with van der Waals surface area (Å²) in [7, 11) is 1.95. The van der Waals surface area contributed by atoms with Crippen molar-refractivity contribution in [3.05, 3.63) is 51.0 Å². The Bertz CT molecular complexity index is 622. The lowest BCUT2D eigenvalue weighted by molar-refractivity contribution is 0.613. The second-order valence-corrected chi connectivity index (χ2v) is 5.87. The average molecular weight is 354 g/mol. The minimum absolute atomic E-state index is 0.236. The van der Waals surface area contributed by atoms with Gasteiger partial charge < -0.3 is 5.32 Å². The molecule has 0 spiro atoms. The molecule has 0 atom stereocenters. The van der Waals surface area contributed by atoms with E-state index in [4.69, 9.17) is 5.10 Å². The summed E-state index contributed by atoms with van der Waals surface area (Å²) in [6, 6.07) is 5.12. The number of aryl methyl sites for hydroxylation is 1. The Balaban J connectivity index is 2.36. The van der Waals surface area contributed by atoms with Gasteiger partial charge in [-0.25, -0.2) is 4.39 Å². The van der Waals surface area contributed by atoms with E-state index in [1.807, 2.05) is 23.9 Å². The van der Waals surface area contributed by atoms with Crippen LogP contribution in [0.5, 0.6) is 0 Å². The molecule has 0 unspecified atom stereocenters. The van der Waals surface area contributed by atoms with E-state index in [0.717, 1.165) is 30.6 Å². The molecule has 0 aliphatic heterocycles. The van der Waals surface area contributed by atoms with Crippen LogP contribution in [0, 0.1) is 5.82 Å². The minimum Gasteiger partial charge on any atom is -0.316 e. The first-order chi connectivity index (χ1) is 10.1. The maximum Gasteiger partial charge on any atom is 0.137 e. The summed E-state index contributed by atoms with van der Waals surface area (Å²) in [5, 5.41) is 7.95. The van der Waals surface area contributed by atoms with Crippen molar-refractivity contribution in [2.45, 2.75) is 39.8 Å². The predicted molar refractivity (Wildman–Crippen MR) is 86.9 cm³/mol. The molecule has 0 fully saturated rings. The number of hydrogen-bond acceptors (Lipinski definition) is 2. The molecule has 1 heterocycles. The van der Waals surface area contributed by atoms with Crippen LogP contribution in [0.25, 0.3) is 0 Å². The zero-order chi connectivity index (χ0) is 15.4. The van der Waals surface area contributed by atoms with E-state index >= 15 is 0 Å². The summed E-state index contributed by atoms with van der Waals surface area (Å²) in [4.78, 5) is 0. The lowest BCUT2D eigenvalue weighted by atomic mass is 10.1. The first kappa shape index (κ1) is 16.2. The van der Waals surface area contributed by atoms with E-state index in [9.17, 15) is 4.39 Å². The van der Waals surface area contributed by atoms with Crippen molar-refractivity contribution in [1.82, 2.24) is 15.1 Å². The molecule has 0 saturated heterocycles. The molecule has 114 valence electrons. The highest BCUT2D eigenvalue weighted by molar-refractivity contribution is 9.10. The highest BCUT2D eigenvalue weighted by Gasteiger charge is 2.15. The van der Waals surface area contributed by atoms with Crippen LogP contribution in [-0.2, 0) is 25.9 Å². The Labute approximate surface area is 133 Å². The molecule has 1 N–H and O–H groups in total. The van der Waals surface area contributed by atoms with E-state index in [1.165, 1.54) is 17.3 Å². The van der Waals surface area contributed by atoms with Gasteiger partial charge in [-0.15, -0.1) is 0 Å². The van der Waals surface area contributed by atoms with Crippen molar-refractivity contribution < 1.29 is 4.39 Å². The van der Waals surface area contributed by atoms with E-state index in [0.29, 0.717) is 11.0 Å². The standard InChI is InChI=1S/C16H21BrFN3/c1-4-15-12(9-19-3)16(5-2)21(20-15)10-11-6-7-14(18)13(17)8-11/h6-8,19H,4-5,9-10H2,1-3H3. The van der Waals surface area contributed by atoms with Gasteiger partial charge in [0.15, 0.2) is 0 Å². The van der Waals surface area contributed by atoms with Crippen LogP contribution in [0.3, 0.4) is 0 Å². The Morgan fingerprint density at radius 2 is 2.05 bits per heavy atom. The van der Waals surface area contributed by atoms with Crippen LogP contribution in [0.4, 0.5) is 4.39 Å². The predicted octanol–water partition coefficient (Wildman–Crippen LogP) is 3.68. The van der Waals surface area contributed by atoms with Gasteiger partial charge in [0.25, 0.3) is 0 Å². The molecule has 1 aromatic carbocycles. The van der Waals surface area contributed by atoms with Gasteiger partial charge in [0, 0.05) is 17.8 Å². The Morgan fingerprint density at radius 3 is 2.62 bits per heavy atom. The zero-order valence-electron chi connectivity index (χ0n) is 12.7. The van der Waals surface area contributed by atoms with Gasteiger partial charge in [-0.1, -0.05) is 19.9 Å². The molecule has 2 aromatic rings.